The molecule has 0 spiro atoms. The Morgan fingerprint density at radius 1 is 1.40 bits per heavy atom. The molecule has 112 valence electrons. The van der Waals surface area contributed by atoms with Crippen molar-refractivity contribution in [2.45, 2.75) is 13.3 Å². The molecule has 0 aliphatic heterocycles. The normalized spacial score (nSPS) is 11.6. The topological polar surface area (TPSA) is 99.3 Å². The lowest BCUT2D eigenvalue weighted by atomic mass is 10.3. The zero-order valence-corrected chi connectivity index (χ0v) is 12.4. The average molecular weight is 301 g/mol. The first-order chi connectivity index (χ1) is 9.34. The summed E-state index contributed by atoms with van der Waals surface area (Å²) >= 11 is 0. The predicted molar refractivity (Wildman–Crippen MR) is 76.1 cm³/mol. The first-order valence-electron chi connectivity index (χ1n) is 6.27. The van der Waals surface area contributed by atoms with E-state index in [1.54, 1.807) is 6.92 Å². The number of carbonyl (C=O) groups excluding carboxylic acids is 1. The summed E-state index contributed by atoms with van der Waals surface area (Å²) in [7, 11) is -3.20. The maximum Gasteiger partial charge on any atom is 0.267 e. The molecule has 2 N–H and O–H groups in total. The number of aromatic amines is 1. The van der Waals surface area contributed by atoms with Crippen LogP contribution in [0.25, 0.3) is 0 Å². The van der Waals surface area contributed by atoms with Crippen LogP contribution in [0.5, 0.6) is 0 Å². The van der Waals surface area contributed by atoms with Gasteiger partial charge in [0.1, 0.15) is 5.69 Å². The minimum atomic E-state index is -3.20. The molecule has 7 nitrogen and oxygen atoms in total. The van der Waals surface area contributed by atoms with E-state index in [1.807, 2.05) is 0 Å². The average Bonchev–Trinajstić information content (AvgIpc) is 2.37. The quantitative estimate of drug-likeness (QED) is 0.680. The van der Waals surface area contributed by atoms with Gasteiger partial charge in [0.25, 0.3) is 5.91 Å². The van der Waals surface area contributed by atoms with Gasteiger partial charge < -0.3 is 10.3 Å². The number of sulfonamides is 1. The predicted octanol–water partition coefficient (Wildman–Crippen LogP) is -0.224. The molecule has 0 atom stereocenters. The third kappa shape index (κ3) is 5.14. The summed E-state index contributed by atoms with van der Waals surface area (Å²) in [4.78, 5) is 25.2. The third-order valence-corrected chi connectivity index (χ3v) is 4.08. The maximum atomic E-state index is 11.7. The molecule has 0 radical (unpaired) electrons. The van der Waals surface area contributed by atoms with E-state index < -0.39 is 10.0 Å². The largest absolute Gasteiger partial charge is 0.351 e. The molecular formula is C12H19N3O4S. The van der Waals surface area contributed by atoms with E-state index in [2.05, 4.69) is 10.3 Å². The van der Waals surface area contributed by atoms with Crippen LogP contribution in [-0.4, -0.2) is 49.5 Å². The number of aromatic nitrogens is 1. The maximum absolute atomic E-state index is 11.7. The van der Waals surface area contributed by atoms with Crippen LogP contribution in [0.1, 0.15) is 23.8 Å². The minimum absolute atomic E-state index is 0.188. The lowest BCUT2D eigenvalue weighted by Crippen LogP contribution is -2.34. The Hall–Kier alpha value is -1.67. The number of pyridine rings is 1. The summed E-state index contributed by atoms with van der Waals surface area (Å²) in [6.45, 7) is 2.84. The molecule has 1 rings (SSSR count). The van der Waals surface area contributed by atoms with Gasteiger partial charge in [0, 0.05) is 25.7 Å². The van der Waals surface area contributed by atoms with Crippen molar-refractivity contribution in [2.75, 3.05) is 25.9 Å². The first-order valence-corrected chi connectivity index (χ1v) is 8.12. The highest BCUT2D eigenvalue weighted by atomic mass is 32.2. The van der Waals surface area contributed by atoms with Gasteiger partial charge in [-0.15, -0.1) is 0 Å². The molecule has 1 amide bonds. The van der Waals surface area contributed by atoms with Crippen molar-refractivity contribution in [3.8, 4) is 0 Å². The van der Waals surface area contributed by atoms with Gasteiger partial charge in [-0.2, -0.15) is 0 Å². The van der Waals surface area contributed by atoms with Gasteiger partial charge in [-0.25, -0.2) is 12.7 Å². The van der Waals surface area contributed by atoms with Gasteiger partial charge >= 0.3 is 0 Å². The van der Waals surface area contributed by atoms with Crippen LogP contribution in [0.2, 0.25) is 0 Å². The Labute approximate surface area is 118 Å². The molecule has 20 heavy (non-hydrogen) atoms. The highest BCUT2D eigenvalue weighted by molar-refractivity contribution is 7.88. The number of H-pyrrole nitrogens is 1. The minimum Gasteiger partial charge on any atom is -0.351 e. The van der Waals surface area contributed by atoms with Crippen molar-refractivity contribution in [1.82, 2.24) is 14.6 Å². The Balaban J connectivity index is 2.42. The van der Waals surface area contributed by atoms with E-state index in [-0.39, 0.29) is 17.2 Å². The summed E-state index contributed by atoms with van der Waals surface area (Å²) in [5.41, 5.74) is -0.153. The van der Waals surface area contributed by atoms with E-state index in [0.29, 0.717) is 26.1 Å². The number of hydrogen-bond donors (Lipinski definition) is 2. The lowest BCUT2D eigenvalue weighted by molar-refractivity contribution is 0.0947. The van der Waals surface area contributed by atoms with Crippen LogP contribution in [0.3, 0.4) is 0 Å². The second kappa shape index (κ2) is 7.20. The van der Waals surface area contributed by atoms with Gasteiger partial charge in [0.2, 0.25) is 15.6 Å². The molecule has 8 heteroatoms. The summed E-state index contributed by atoms with van der Waals surface area (Å²) < 4.78 is 24.0. The number of rotatable bonds is 7. The highest BCUT2D eigenvalue weighted by Gasteiger charge is 2.13. The first kappa shape index (κ1) is 16.4. The van der Waals surface area contributed by atoms with E-state index in [0.717, 1.165) is 6.26 Å². The Morgan fingerprint density at radius 3 is 2.65 bits per heavy atom. The molecule has 1 aromatic heterocycles. The second-order valence-electron chi connectivity index (χ2n) is 4.29. The second-order valence-corrected chi connectivity index (χ2v) is 6.28. The fourth-order valence-corrected chi connectivity index (χ4v) is 2.62. The van der Waals surface area contributed by atoms with Crippen LogP contribution in [0, 0.1) is 0 Å². The van der Waals surface area contributed by atoms with Crippen molar-refractivity contribution in [2.24, 2.45) is 0 Å². The van der Waals surface area contributed by atoms with E-state index >= 15 is 0 Å². The van der Waals surface area contributed by atoms with Gasteiger partial charge in [-0.1, -0.05) is 13.0 Å². The molecular weight excluding hydrogens is 282 g/mol. The molecule has 0 bridgehead atoms. The monoisotopic (exact) mass is 301 g/mol. The molecule has 1 aromatic rings. The molecule has 0 fully saturated rings. The number of hydrogen-bond acceptors (Lipinski definition) is 4. The van der Waals surface area contributed by atoms with Crippen molar-refractivity contribution >= 4 is 15.9 Å². The number of amides is 1. The van der Waals surface area contributed by atoms with Gasteiger partial charge in [-0.05, 0) is 12.5 Å². The van der Waals surface area contributed by atoms with Gasteiger partial charge in [0.05, 0.1) is 6.26 Å². The smallest absolute Gasteiger partial charge is 0.267 e. The molecule has 0 saturated carbocycles. The number of nitrogens with one attached hydrogen (secondary N) is 2. The molecule has 0 saturated heterocycles. The van der Waals surface area contributed by atoms with Crippen molar-refractivity contribution in [3.63, 3.8) is 0 Å². The zero-order valence-electron chi connectivity index (χ0n) is 11.5. The molecule has 0 aliphatic carbocycles. The Kier molecular flexibility index (Phi) is 5.90. The summed E-state index contributed by atoms with van der Waals surface area (Å²) in [6, 6.07) is 4.32. The standard InChI is InChI=1S/C12H19N3O4S/c1-3-15(20(2,18)19)9-5-8-13-12(17)10-6-4-7-11(16)14-10/h4,6-7H,3,5,8-9H2,1-2H3,(H,13,17)(H,14,16). The number of carbonyl (C=O) groups is 1. The van der Waals surface area contributed by atoms with Gasteiger partial charge in [-0.3, -0.25) is 9.59 Å². The van der Waals surface area contributed by atoms with Crippen LogP contribution >= 0.6 is 0 Å². The van der Waals surface area contributed by atoms with E-state index in [1.165, 1.54) is 22.5 Å². The van der Waals surface area contributed by atoms with Crippen LogP contribution < -0.4 is 10.9 Å². The Morgan fingerprint density at radius 2 is 2.10 bits per heavy atom. The van der Waals surface area contributed by atoms with E-state index in [4.69, 9.17) is 0 Å². The summed E-state index contributed by atoms with van der Waals surface area (Å²) in [5, 5.41) is 2.63. The van der Waals surface area contributed by atoms with Crippen molar-refractivity contribution in [1.29, 1.82) is 0 Å². The summed E-state index contributed by atoms with van der Waals surface area (Å²) in [5.74, 6) is -0.384. The third-order valence-electron chi connectivity index (χ3n) is 2.70. The molecule has 0 aliphatic rings. The zero-order chi connectivity index (χ0) is 15.2. The number of nitrogens with zero attached hydrogens (tertiary/aromatic N) is 1. The van der Waals surface area contributed by atoms with Crippen molar-refractivity contribution in [3.05, 3.63) is 34.2 Å². The molecule has 0 unspecified atom stereocenters. The van der Waals surface area contributed by atoms with Crippen LogP contribution in [0.15, 0.2) is 23.0 Å². The fraction of sp³-hybridized carbons (Fsp3) is 0.500. The van der Waals surface area contributed by atoms with Crippen LogP contribution in [0.4, 0.5) is 0 Å². The SMILES string of the molecule is CCN(CCCNC(=O)c1cccc(=O)[nH]1)S(C)(=O)=O. The Bertz CT molecular complexity index is 609. The lowest BCUT2D eigenvalue weighted by Gasteiger charge is -2.17. The molecule has 0 aromatic carbocycles. The van der Waals surface area contributed by atoms with Crippen molar-refractivity contribution < 1.29 is 13.2 Å². The van der Waals surface area contributed by atoms with Gasteiger partial charge in [0.15, 0.2) is 0 Å². The highest BCUT2D eigenvalue weighted by Crippen LogP contribution is 1.98. The molecule has 1 heterocycles. The summed E-state index contributed by atoms with van der Waals surface area (Å²) in [6.07, 6.45) is 1.66. The van der Waals surface area contributed by atoms with E-state index in [9.17, 15) is 18.0 Å². The fourth-order valence-electron chi connectivity index (χ4n) is 1.69. The van der Waals surface area contributed by atoms with Crippen LogP contribution in [-0.2, 0) is 10.0 Å².